The van der Waals surface area contributed by atoms with E-state index in [0.717, 1.165) is 5.56 Å². The minimum Gasteiger partial charge on any atom is -0.326 e. The van der Waals surface area contributed by atoms with Gasteiger partial charge in [-0.15, -0.1) is 0 Å². The fraction of sp³-hybridized carbons (Fsp3) is 0.538. The lowest BCUT2D eigenvalue weighted by atomic mass is 10.2. The van der Waals surface area contributed by atoms with Crippen molar-refractivity contribution in [2.75, 3.05) is 17.9 Å². The van der Waals surface area contributed by atoms with Crippen molar-refractivity contribution in [3.8, 4) is 0 Å². The van der Waals surface area contributed by atoms with Crippen molar-refractivity contribution in [3.05, 3.63) is 29.8 Å². The van der Waals surface area contributed by atoms with Crippen LogP contribution >= 0.6 is 0 Å². The normalized spacial score (nSPS) is 12.2. The van der Waals surface area contributed by atoms with Crippen LogP contribution in [-0.4, -0.2) is 32.4 Å². The highest BCUT2D eigenvalue weighted by Gasteiger charge is 2.27. The standard InChI is InChI=1S/C13H23N3O2S/c1-5-16(19(17,18)15(4)11(2)3)13-8-6-12(10-14)7-9-13/h6-9,11H,5,10,14H2,1-4H3. The maximum Gasteiger partial charge on any atom is 0.304 e. The van der Waals surface area contributed by atoms with Gasteiger partial charge in [0.05, 0.1) is 5.69 Å². The van der Waals surface area contributed by atoms with Crippen LogP contribution < -0.4 is 10.0 Å². The van der Waals surface area contributed by atoms with Crippen molar-refractivity contribution in [1.29, 1.82) is 0 Å². The zero-order valence-corrected chi connectivity index (χ0v) is 12.8. The molecular weight excluding hydrogens is 262 g/mol. The van der Waals surface area contributed by atoms with Crippen molar-refractivity contribution in [2.45, 2.75) is 33.4 Å². The summed E-state index contributed by atoms with van der Waals surface area (Å²) in [6.07, 6.45) is 0. The first kappa shape index (κ1) is 15.9. The molecule has 1 aromatic carbocycles. The molecule has 108 valence electrons. The lowest BCUT2D eigenvalue weighted by molar-refractivity contribution is 0.408. The summed E-state index contributed by atoms with van der Waals surface area (Å²) in [6.45, 7) is 6.36. The van der Waals surface area contributed by atoms with E-state index >= 15 is 0 Å². The quantitative estimate of drug-likeness (QED) is 0.862. The van der Waals surface area contributed by atoms with Gasteiger partial charge < -0.3 is 5.73 Å². The Kier molecular flexibility index (Phi) is 5.34. The van der Waals surface area contributed by atoms with E-state index in [0.29, 0.717) is 18.8 Å². The number of rotatable bonds is 6. The largest absolute Gasteiger partial charge is 0.326 e. The van der Waals surface area contributed by atoms with E-state index < -0.39 is 10.2 Å². The first-order valence-electron chi connectivity index (χ1n) is 6.39. The second kappa shape index (κ2) is 6.36. The van der Waals surface area contributed by atoms with Crippen molar-refractivity contribution < 1.29 is 8.42 Å². The zero-order chi connectivity index (χ0) is 14.6. The molecule has 0 saturated heterocycles. The molecule has 0 aromatic heterocycles. The average Bonchev–Trinajstić information content (AvgIpc) is 2.39. The molecule has 1 rings (SSSR count). The van der Waals surface area contributed by atoms with Gasteiger partial charge in [0.2, 0.25) is 0 Å². The Morgan fingerprint density at radius 2 is 1.74 bits per heavy atom. The number of benzene rings is 1. The van der Waals surface area contributed by atoms with E-state index in [9.17, 15) is 8.42 Å². The van der Waals surface area contributed by atoms with Crippen LogP contribution in [-0.2, 0) is 16.8 Å². The van der Waals surface area contributed by atoms with Crippen LogP contribution in [0.3, 0.4) is 0 Å². The van der Waals surface area contributed by atoms with Crippen molar-refractivity contribution in [1.82, 2.24) is 4.31 Å². The van der Waals surface area contributed by atoms with E-state index in [1.807, 2.05) is 32.9 Å². The van der Waals surface area contributed by atoms with Gasteiger partial charge in [0.15, 0.2) is 0 Å². The number of hydrogen-bond acceptors (Lipinski definition) is 3. The maximum atomic E-state index is 12.5. The highest BCUT2D eigenvalue weighted by Crippen LogP contribution is 2.21. The Hall–Kier alpha value is -1.11. The molecule has 0 aliphatic carbocycles. The Labute approximate surface area is 116 Å². The molecule has 0 spiro atoms. The third-order valence-corrected chi connectivity index (χ3v) is 5.29. The highest BCUT2D eigenvalue weighted by molar-refractivity contribution is 7.90. The SMILES string of the molecule is CCN(c1ccc(CN)cc1)S(=O)(=O)N(C)C(C)C. The smallest absolute Gasteiger partial charge is 0.304 e. The second-order valence-corrected chi connectivity index (χ2v) is 6.57. The summed E-state index contributed by atoms with van der Waals surface area (Å²) in [4.78, 5) is 0. The lowest BCUT2D eigenvalue weighted by Crippen LogP contribution is -2.44. The van der Waals surface area contributed by atoms with Crippen LogP contribution in [0.1, 0.15) is 26.3 Å². The molecule has 2 N–H and O–H groups in total. The molecule has 0 unspecified atom stereocenters. The van der Waals surface area contributed by atoms with Gasteiger partial charge in [0, 0.05) is 26.2 Å². The molecular formula is C13H23N3O2S. The predicted octanol–water partition coefficient (Wildman–Crippen LogP) is 1.56. The van der Waals surface area contributed by atoms with E-state index in [-0.39, 0.29) is 6.04 Å². The molecule has 0 bridgehead atoms. The molecule has 6 heteroatoms. The lowest BCUT2D eigenvalue weighted by Gasteiger charge is -2.30. The molecule has 0 aliphatic heterocycles. The third-order valence-electron chi connectivity index (χ3n) is 3.12. The molecule has 0 aliphatic rings. The molecule has 19 heavy (non-hydrogen) atoms. The van der Waals surface area contributed by atoms with Gasteiger partial charge in [-0.3, -0.25) is 4.31 Å². The third kappa shape index (κ3) is 3.46. The Morgan fingerprint density at radius 1 is 1.21 bits per heavy atom. The first-order chi connectivity index (χ1) is 8.84. The van der Waals surface area contributed by atoms with Crippen LogP contribution in [0.4, 0.5) is 5.69 Å². The maximum absolute atomic E-state index is 12.5. The predicted molar refractivity (Wildman–Crippen MR) is 79.2 cm³/mol. The van der Waals surface area contributed by atoms with E-state index in [1.54, 1.807) is 19.2 Å². The van der Waals surface area contributed by atoms with Gasteiger partial charge in [-0.25, -0.2) is 0 Å². The van der Waals surface area contributed by atoms with Crippen LogP contribution in [0.2, 0.25) is 0 Å². The molecule has 1 aromatic rings. The number of nitrogens with two attached hydrogens (primary N) is 1. The minimum absolute atomic E-state index is 0.0811. The summed E-state index contributed by atoms with van der Waals surface area (Å²) in [6, 6.07) is 7.20. The fourth-order valence-corrected chi connectivity index (χ4v) is 3.26. The molecule has 0 heterocycles. The second-order valence-electron chi connectivity index (χ2n) is 4.65. The van der Waals surface area contributed by atoms with Crippen LogP contribution in [0.15, 0.2) is 24.3 Å². The van der Waals surface area contributed by atoms with Crippen LogP contribution in [0, 0.1) is 0 Å². The summed E-state index contributed by atoms with van der Waals surface area (Å²) >= 11 is 0. The van der Waals surface area contributed by atoms with Gasteiger partial charge in [0.1, 0.15) is 0 Å². The van der Waals surface area contributed by atoms with Crippen LogP contribution in [0.5, 0.6) is 0 Å². The molecule has 5 nitrogen and oxygen atoms in total. The molecule has 0 radical (unpaired) electrons. The number of nitrogens with zero attached hydrogens (tertiary/aromatic N) is 2. The summed E-state index contributed by atoms with van der Waals surface area (Å²) in [5.74, 6) is 0. The zero-order valence-electron chi connectivity index (χ0n) is 12.0. The van der Waals surface area contributed by atoms with Gasteiger partial charge in [-0.1, -0.05) is 12.1 Å². The van der Waals surface area contributed by atoms with Crippen molar-refractivity contribution in [3.63, 3.8) is 0 Å². The summed E-state index contributed by atoms with van der Waals surface area (Å²) in [5, 5.41) is 0. The number of anilines is 1. The van der Waals surface area contributed by atoms with Gasteiger partial charge in [-0.2, -0.15) is 12.7 Å². The molecule has 0 atom stereocenters. The van der Waals surface area contributed by atoms with Crippen molar-refractivity contribution in [2.24, 2.45) is 5.73 Å². The Morgan fingerprint density at radius 3 is 2.11 bits per heavy atom. The fourth-order valence-electron chi connectivity index (χ4n) is 1.70. The van der Waals surface area contributed by atoms with Gasteiger partial charge >= 0.3 is 10.2 Å². The summed E-state index contributed by atoms with van der Waals surface area (Å²) < 4.78 is 27.7. The monoisotopic (exact) mass is 285 g/mol. The van der Waals surface area contributed by atoms with E-state index in [4.69, 9.17) is 5.73 Å². The van der Waals surface area contributed by atoms with Gasteiger partial charge in [-0.05, 0) is 38.5 Å². The number of hydrogen-bond donors (Lipinski definition) is 1. The minimum atomic E-state index is -3.49. The highest BCUT2D eigenvalue weighted by atomic mass is 32.2. The van der Waals surface area contributed by atoms with E-state index in [2.05, 4.69) is 0 Å². The van der Waals surface area contributed by atoms with Gasteiger partial charge in [0.25, 0.3) is 0 Å². The Bertz CT molecular complexity index is 497. The van der Waals surface area contributed by atoms with Crippen LogP contribution in [0.25, 0.3) is 0 Å². The molecule has 0 fully saturated rings. The average molecular weight is 285 g/mol. The Balaban J connectivity index is 3.12. The van der Waals surface area contributed by atoms with E-state index in [1.165, 1.54) is 8.61 Å². The van der Waals surface area contributed by atoms with Crippen molar-refractivity contribution >= 4 is 15.9 Å². The topological polar surface area (TPSA) is 66.6 Å². The summed E-state index contributed by atoms with van der Waals surface area (Å²) in [7, 11) is -1.89. The molecule has 0 amide bonds. The first-order valence-corrected chi connectivity index (χ1v) is 7.79. The summed E-state index contributed by atoms with van der Waals surface area (Å²) in [5.41, 5.74) is 7.18. The molecule has 0 saturated carbocycles.